The molecular formula is C15H20N2O6S. The van der Waals surface area contributed by atoms with Gasteiger partial charge in [0.25, 0.3) is 5.69 Å². The molecule has 0 spiro atoms. The predicted molar refractivity (Wildman–Crippen MR) is 87.9 cm³/mol. The Balaban J connectivity index is 3.54. The Morgan fingerprint density at radius 3 is 2.25 bits per heavy atom. The van der Waals surface area contributed by atoms with Crippen molar-refractivity contribution in [3.8, 4) is 0 Å². The molecule has 0 amide bonds. The lowest BCUT2D eigenvalue weighted by atomic mass is 10.2. The molecule has 1 rings (SSSR count). The Kier molecular flexibility index (Phi) is 5.72. The van der Waals surface area contributed by atoms with E-state index in [1.165, 1.54) is 31.1 Å². The molecule has 0 N–H and O–H groups in total. The fraction of sp³-hybridized carbons (Fsp3) is 0.400. The molecule has 0 saturated carbocycles. The van der Waals surface area contributed by atoms with Crippen molar-refractivity contribution in [3.63, 3.8) is 0 Å². The lowest BCUT2D eigenvalue weighted by Crippen LogP contribution is -2.28. The summed E-state index contributed by atoms with van der Waals surface area (Å²) in [5.41, 5.74) is -1.52. The number of nitrogens with zero attached hydrogens (tertiary/aromatic N) is 2. The largest absolute Gasteiger partial charge is 0.456 e. The molecule has 0 aromatic heterocycles. The van der Waals surface area contributed by atoms with Crippen LogP contribution >= 0.6 is 0 Å². The fourth-order valence-corrected chi connectivity index (χ4v) is 3.27. The van der Waals surface area contributed by atoms with Crippen LogP contribution in [-0.2, 0) is 19.4 Å². The predicted octanol–water partition coefficient (Wildman–Crippen LogP) is 2.11. The zero-order valence-electron chi connectivity index (χ0n) is 14.1. The minimum Gasteiger partial charge on any atom is -0.456 e. The maximum Gasteiger partial charge on any atom is 0.352 e. The Morgan fingerprint density at radius 1 is 1.25 bits per heavy atom. The van der Waals surface area contributed by atoms with Crippen LogP contribution < -0.4 is 0 Å². The number of nitro groups is 1. The maximum absolute atomic E-state index is 12.8. The molecule has 0 bridgehead atoms. The highest BCUT2D eigenvalue weighted by molar-refractivity contribution is 7.96. The highest BCUT2D eigenvalue weighted by Crippen LogP contribution is 2.29. The van der Waals surface area contributed by atoms with Crippen LogP contribution in [0.2, 0.25) is 0 Å². The molecule has 1 aromatic rings. The molecule has 8 nitrogen and oxygen atoms in total. The van der Waals surface area contributed by atoms with Gasteiger partial charge < -0.3 is 9.64 Å². The summed E-state index contributed by atoms with van der Waals surface area (Å²) in [6.07, 6.45) is 1.07. The van der Waals surface area contributed by atoms with E-state index in [2.05, 4.69) is 0 Å². The number of sulfone groups is 1. The van der Waals surface area contributed by atoms with Crippen LogP contribution in [0.25, 0.3) is 0 Å². The second-order valence-corrected chi connectivity index (χ2v) is 8.07. The Bertz CT molecular complexity index is 775. The van der Waals surface area contributed by atoms with Crippen LogP contribution in [0.5, 0.6) is 0 Å². The molecular weight excluding hydrogens is 336 g/mol. The third-order valence-corrected chi connectivity index (χ3v) is 4.39. The molecule has 1 aromatic carbocycles. The molecule has 0 atom stereocenters. The van der Waals surface area contributed by atoms with Crippen molar-refractivity contribution in [1.29, 1.82) is 0 Å². The molecule has 0 fully saturated rings. The zero-order valence-corrected chi connectivity index (χ0v) is 15.0. The van der Waals surface area contributed by atoms with Crippen molar-refractivity contribution in [3.05, 3.63) is 45.5 Å². The second-order valence-electron chi connectivity index (χ2n) is 6.19. The van der Waals surface area contributed by atoms with Gasteiger partial charge in [-0.25, -0.2) is 13.2 Å². The van der Waals surface area contributed by atoms with Gasteiger partial charge in [0.05, 0.1) is 4.92 Å². The summed E-state index contributed by atoms with van der Waals surface area (Å²) < 4.78 is 30.8. The summed E-state index contributed by atoms with van der Waals surface area (Å²) in [6.45, 7) is 4.78. The third kappa shape index (κ3) is 4.79. The van der Waals surface area contributed by atoms with Gasteiger partial charge in [0.15, 0.2) is 4.91 Å². The average molecular weight is 356 g/mol. The first-order valence-electron chi connectivity index (χ1n) is 6.96. The SMILES string of the molecule is CN(C)C=C(C(=O)OC(C)(C)C)S(=O)(=O)c1ccccc1[N+](=O)[O-]. The summed E-state index contributed by atoms with van der Waals surface area (Å²) >= 11 is 0. The topological polar surface area (TPSA) is 107 Å². The van der Waals surface area contributed by atoms with Crippen LogP contribution in [0.3, 0.4) is 0 Å². The van der Waals surface area contributed by atoms with E-state index in [0.29, 0.717) is 0 Å². The Morgan fingerprint density at radius 2 is 1.79 bits per heavy atom. The number of ether oxygens (including phenoxy) is 1. The Labute approximate surface area is 140 Å². The first-order chi connectivity index (χ1) is 10.9. The van der Waals surface area contributed by atoms with Gasteiger partial charge in [-0.1, -0.05) is 12.1 Å². The third-order valence-electron chi connectivity index (χ3n) is 2.62. The normalized spacial score (nSPS) is 12.6. The van der Waals surface area contributed by atoms with E-state index in [4.69, 9.17) is 4.74 Å². The number of esters is 1. The maximum atomic E-state index is 12.8. The molecule has 0 radical (unpaired) electrons. The van der Waals surface area contributed by atoms with E-state index in [1.807, 2.05) is 0 Å². The van der Waals surface area contributed by atoms with Crippen LogP contribution in [0.4, 0.5) is 5.69 Å². The summed E-state index contributed by atoms with van der Waals surface area (Å²) in [5, 5.41) is 11.1. The van der Waals surface area contributed by atoms with Crippen LogP contribution in [0.1, 0.15) is 20.8 Å². The number of rotatable bonds is 5. The van der Waals surface area contributed by atoms with Crippen LogP contribution in [-0.4, -0.2) is 43.9 Å². The Hall–Kier alpha value is -2.42. The van der Waals surface area contributed by atoms with Gasteiger partial charge in [0.2, 0.25) is 9.84 Å². The van der Waals surface area contributed by atoms with Gasteiger partial charge in [-0.05, 0) is 26.8 Å². The fourth-order valence-electron chi connectivity index (χ4n) is 1.75. The van der Waals surface area contributed by atoms with E-state index in [9.17, 15) is 23.3 Å². The highest BCUT2D eigenvalue weighted by atomic mass is 32.2. The lowest BCUT2D eigenvalue weighted by molar-refractivity contribution is -0.387. The van der Waals surface area contributed by atoms with Gasteiger partial charge in [0.1, 0.15) is 10.5 Å². The first-order valence-corrected chi connectivity index (χ1v) is 8.44. The van der Waals surface area contributed by atoms with E-state index < -0.39 is 41.8 Å². The molecule has 0 aliphatic heterocycles. The number of para-hydroxylation sites is 1. The van der Waals surface area contributed by atoms with Crippen molar-refractivity contribution in [2.75, 3.05) is 14.1 Å². The number of hydrogen-bond donors (Lipinski definition) is 0. The van der Waals surface area contributed by atoms with E-state index >= 15 is 0 Å². The summed E-state index contributed by atoms with van der Waals surface area (Å²) in [5.74, 6) is -1.07. The van der Waals surface area contributed by atoms with Crippen molar-refractivity contribution in [2.45, 2.75) is 31.3 Å². The van der Waals surface area contributed by atoms with Crippen LogP contribution in [0, 0.1) is 10.1 Å². The smallest absolute Gasteiger partial charge is 0.352 e. The zero-order chi connectivity index (χ0) is 18.7. The minimum absolute atomic E-state index is 0.561. The van der Waals surface area contributed by atoms with Crippen molar-refractivity contribution >= 4 is 21.5 Å². The van der Waals surface area contributed by atoms with Gasteiger partial charge >= 0.3 is 5.97 Å². The molecule has 132 valence electrons. The minimum atomic E-state index is -4.44. The summed E-state index contributed by atoms with van der Waals surface area (Å²) in [7, 11) is -1.39. The number of hydrogen-bond acceptors (Lipinski definition) is 7. The van der Waals surface area contributed by atoms with E-state index in [1.54, 1.807) is 20.8 Å². The number of carbonyl (C=O) groups excluding carboxylic acids is 1. The highest BCUT2D eigenvalue weighted by Gasteiger charge is 2.35. The number of carbonyl (C=O) groups is 1. The van der Waals surface area contributed by atoms with Gasteiger partial charge in [-0.2, -0.15) is 0 Å². The first kappa shape index (κ1) is 19.6. The second kappa shape index (κ2) is 7.00. The molecule has 0 heterocycles. The lowest BCUT2D eigenvalue weighted by Gasteiger charge is -2.21. The summed E-state index contributed by atoms with van der Waals surface area (Å²) in [4.78, 5) is 22.7. The van der Waals surface area contributed by atoms with Crippen molar-refractivity contribution < 1.29 is 22.9 Å². The molecule has 9 heteroatoms. The molecule has 0 aliphatic rings. The molecule has 0 unspecified atom stereocenters. The van der Waals surface area contributed by atoms with Crippen molar-refractivity contribution in [1.82, 2.24) is 4.90 Å². The molecule has 24 heavy (non-hydrogen) atoms. The van der Waals surface area contributed by atoms with Gasteiger partial charge in [-0.15, -0.1) is 0 Å². The van der Waals surface area contributed by atoms with Gasteiger partial charge in [-0.3, -0.25) is 10.1 Å². The number of benzene rings is 1. The van der Waals surface area contributed by atoms with E-state index in [0.717, 1.165) is 18.3 Å². The van der Waals surface area contributed by atoms with Gasteiger partial charge in [0, 0.05) is 26.4 Å². The van der Waals surface area contributed by atoms with Crippen LogP contribution in [0.15, 0.2) is 40.3 Å². The van der Waals surface area contributed by atoms with E-state index in [-0.39, 0.29) is 0 Å². The average Bonchev–Trinajstić information content (AvgIpc) is 2.42. The standard InChI is InChI=1S/C15H20N2O6S/c1-15(2,3)23-14(18)13(10-16(4)5)24(21,22)12-9-7-6-8-11(12)17(19)20/h6-10H,1-5H3. The monoisotopic (exact) mass is 356 g/mol. The molecule has 0 saturated heterocycles. The number of nitro benzene ring substituents is 1. The van der Waals surface area contributed by atoms with Crippen molar-refractivity contribution in [2.24, 2.45) is 0 Å². The summed E-state index contributed by atoms with van der Waals surface area (Å²) in [6, 6.07) is 4.85. The quantitative estimate of drug-likeness (QED) is 0.344. The molecule has 0 aliphatic carbocycles.